The van der Waals surface area contributed by atoms with Gasteiger partial charge in [-0.15, -0.1) is 0 Å². The third kappa shape index (κ3) is 3.62. The van der Waals surface area contributed by atoms with E-state index in [0.717, 1.165) is 12.0 Å². The number of hydrogen-bond donors (Lipinski definition) is 1. The molecule has 1 aromatic carbocycles. The van der Waals surface area contributed by atoms with Crippen LogP contribution in [0.25, 0.3) is 0 Å². The Morgan fingerprint density at radius 2 is 2.00 bits per heavy atom. The normalized spacial score (nSPS) is 12.1. The van der Waals surface area contributed by atoms with E-state index in [4.69, 9.17) is 9.84 Å². The minimum absolute atomic E-state index is 0.531. The number of carboxylic acid groups (broad SMARTS) is 1. The number of aryl methyl sites for hydroxylation is 1. The van der Waals surface area contributed by atoms with Gasteiger partial charge in [-0.2, -0.15) is 0 Å². The quantitative estimate of drug-likeness (QED) is 0.809. The lowest BCUT2D eigenvalue weighted by molar-refractivity contribution is -0.145. The standard InChI is InChI=1S/C12H16O3/c1-3-4-11(12(13)14)15-10-7-5-9(2)6-8-10/h5-8,11H,3-4H2,1-2H3,(H,13,14)/t11-/m1/s1. The van der Waals surface area contributed by atoms with Crippen LogP contribution in [0.5, 0.6) is 5.75 Å². The minimum Gasteiger partial charge on any atom is -0.479 e. The van der Waals surface area contributed by atoms with E-state index >= 15 is 0 Å². The van der Waals surface area contributed by atoms with Gasteiger partial charge in [-0.3, -0.25) is 0 Å². The summed E-state index contributed by atoms with van der Waals surface area (Å²) in [4.78, 5) is 10.8. The number of benzene rings is 1. The van der Waals surface area contributed by atoms with Gasteiger partial charge in [0, 0.05) is 0 Å². The molecular weight excluding hydrogens is 192 g/mol. The lowest BCUT2D eigenvalue weighted by atomic mass is 10.2. The molecule has 0 radical (unpaired) electrons. The van der Waals surface area contributed by atoms with Crippen molar-refractivity contribution in [3.05, 3.63) is 29.8 Å². The van der Waals surface area contributed by atoms with Crippen LogP contribution >= 0.6 is 0 Å². The zero-order valence-electron chi connectivity index (χ0n) is 9.06. The predicted octanol–water partition coefficient (Wildman–Crippen LogP) is 2.63. The van der Waals surface area contributed by atoms with Crippen LogP contribution in [0.3, 0.4) is 0 Å². The monoisotopic (exact) mass is 208 g/mol. The molecule has 1 rings (SSSR count). The molecule has 0 aromatic heterocycles. The lowest BCUT2D eigenvalue weighted by Crippen LogP contribution is -2.26. The fraction of sp³-hybridized carbons (Fsp3) is 0.417. The van der Waals surface area contributed by atoms with Crippen LogP contribution in [0.1, 0.15) is 25.3 Å². The molecule has 0 spiro atoms. The van der Waals surface area contributed by atoms with Gasteiger partial charge >= 0.3 is 5.97 Å². The van der Waals surface area contributed by atoms with Gasteiger partial charge in [0.25, 0.3) is 0 Å². The third-order valence-electron chi connectivity index (χ3n) is 2.13. The van der Waals surface area contributed by atoms with E-state index in [2.05, 4.69) is 0 Å². The second-order valence-electron chi connectivity index (χ2n) is 3.55. The van der Waals surface area contributed by atoms with E-state index in [0.29, 0.717) is 12.2 Å². The van der Waals surface area contributed by atoms with Gasteiger partial charge in [0.15, 0.2) is 6.10 Å². The summed E-state index contributed by atoms with van der Waals surface area (Å²) in [5, 5.41) is 8.90. The Labute approximate surface area is 89.7 Å². The second-order valence-corrected chi connectivity index (χ2v) is 3.55. The highest BCUT2D eigenvalue weighted by Crippen LogP contribution is 2.15. The highest BCUT2D eigenvalue weighted by Gasteiger charge is 2.17. The number of hydrogen-bond acceptors (Lipinski definition) is 2. The molecule has 0 bridgehead atoms. The lowest BCUT2D eigenvalue weighted by Gasteiger charge is -2.14. The van der Waals surface area contributed by atoms with Crippen LogP contribution in [0.2, 0.25) is 0 Å². The van der Waals surface area contributed by atoms with Crippen molar-refractivity contribution in [1.82, 2.24) is 0 Å². The number of aliphatic carboxylic acids is 1. The Morgan fingerprint density at radius 3 is 2.47 bits per heavy atom. The highest BCUT2D eigenvalue weighted by atomic mass is 16.5. The van der Waals surface area contributed by atoms with E-state index in [-0.39, 0.29) is 0 Å². The van der Waals surface area contributed by atoms with Crippen molar-refractivity contribution < 1.29 is 14.6 Å². The van der Waals surface area contributed by atoms with Gasteiger partial charge in [0.1, 0.15) is 5.75 Å². The molecule has 1 atom stereocenters. The van der Waals surface area contributed by atoms with E-state index in [1.165, 1.54) is 0 Å². The summed E-state index contributed by atoms with van der Waals surface area (Å²) in [6, 6.07) is 7.39. The maximum atomic E-state index is 10.8. The molecule has 1 N–H and O–H groups in total. The van der Waals surface area contributed by atoms with E-state index < -0.39 is 12.1 Å². The summed E-state index contributed by atoms with van der Waals surface area (Å²) in [6.07, 6.45) is 0.587. The fourth-order valence-electron chi connectivity index (χ4n) is 1.28. The molecule has 0 aliphatic rings. The smallest absolute Gasteiger partial charge is 0.344 e. The molecule has 0 heterocycles. The Hall–Kier alpha value is -1.51. The van der Waals surface area contributed by atoms with Crippen LogP contribution in [0, 0.1) is 6.92 Å². The first-order valence-corrected chi connectivity index (χ1v) is 5.09. The SMILES string of the molecule is CCC[C@@H](Oc1ccc(C)cc1)C(=O)O. The maximum absolute atomic E-state index is 10.8. The average molecular weight is 208 g/mol. The average Bonchev–Trinajstić information content (AvgIpc) is 2.20. The van der Waals surface area contributed by atoms with Crippen molar-refractivity contribution in [3.8, 4) is 5.75 Å². The first kappa shape index (κ1) is 11.6. The molecule has 0 aliphatic carbocycles. The molecule has 82 valence electrons. The molecule has 3 heteroatoms. The highest BCUT2D eigenvalue weighted by molar-refractivity contribution is 5.72. The largest absolute Gasteiger partial charge is 0.479 e. The van der Waals surface area contributed by atoms with E-state index in [1.54, 1.807) is 12.1 Å². The van der Waals surface area contributed by atoms with Gasteiger partial charge in [0.2, 0.25) is 0 Å². The molecular formula is C12H16O3. The minimum atomic E-state index is -0.905. The summed E-state index contributed by atoms with van der Waals surface area (Å²) in [7, 11) is 0. The fourth-order valence-corrected chi connectivity index (χ4v) is 1.28. The van der Waals surface area contributed by atoms with Crippen LogP contribution in [-0.4, -0.2) is 17.2 Å². The molecule has 0 saturated carbocycles. The first-order chi connectivity index (χ1) is 7.13. The summed E-state index contributed by atoms with van der Waals surface area (Å²) >= 11 is 0. The topological polar surface area (TPSA) is 46.5 Å². The second kappa shape index (κ2) is 5.39. The Kier molecular flexibility index (Phi) is 4.16. The van der Waals surface area contributed by atoms with Gasteiger partial charge < -0.3 is 9.84 Å². The zero-order valence-corrected chi connectivity index (χ0v) is 9.06. The predicted molar refractivity (Wildman–Crippen MR) is 58.1 cm³/mol. The number of carbonyl (C=O) groups is 1. The molecule has 3 nitrogen and oxygen atoms in total. The molecule has 0 amide bonds. The van der Waals surface area contributed by atoms with Crippen molar-refractivity contribution in [2.24, 2.45) is 0 Å². The molecule has 0 saturated heterocycles. The third-order valence-corrected chi connectivity index (χ3v) is 2.13. The molecule has 0 unspecified atom stereocenters. The summed E-state index contributed by atoms with van der Waals surface area (Å²) in [5.41, 5.74) is 1.13. The van der Waals surface area contributed by atoms with Crippen molar-refractivity contribution in [2.45, 2.75) is 32.8 Å². The Bertz CT molecular complexity index is 316. The van der Waals surface area contributed by atoms with Crippen molar-refractivity contribution in [1.29, 1.82) is 0 Å². The summed E-state index contributed by atoms with van der Waals surface area (Å²) in [6.45, 7) is 3.92. The van der Waals surface area contributed by atoms with Gasteiger partial charge in [-0.05, 0) is 25.5 Å². The molecule has 0 fully saturated rings. The molecule has 15 heavy (non-hydrogen) atoms. The van der Waals surface area contributed by atoms with Crippen molar-refractivity contribution in [3.63, 3.8) is 0 Å². The van der Waals surface area contributed by atoms with Gasteiger partial charge in [-0.1, -0.05) is 31.0 Å². The summed E-state index contributed by atoms with van der Waals surface area (Å²) < 4.78 is 5.37. The Morgan fingerprint density at radius 1 is 1.40 bits per heavy atom. The summed E-state index contributed by atoms with van der Waals surface area (Å²) in [5.74, 6) is -0.293. The van der Waals surface area contributed by atoms with Crippen molar-refractivity contribution >= 4 is 5.97 Å². The molecule has 1 aromatic rings. The van der Waals surface area contributed by atoms with Crippen LogP contribution in [-0.2, 0) is 4.79 Å². The maximum Gasteiger partial charge on any atom is 0.344 e. The van der Waals surface area contributed by atoms with E-state index in [1.807, 2.05) is 26.0 Å². The number of ether oxygens (including phenoxy) is 1. The zero-order chi connectivity index (χ0) is 11.3. The van der Waals surface area contributed by atoms with Crippen LogP contribution in [0.15, 0.2) is 24.3 Å². The van der Waals surface area contributed by atoms with Gasteiger partial charge in [0.05, 0.1) is 0 Å². The van der Waals surface area contributed by atoms with Crippen LogP contribution in [0.4, 0.5) is 0 Å². The Balaban J connectivity index is 2.65. The first-order valence-electron chi connectivity index (χ1n) is 5.09. The van der Waals surface area contributed by atoms with Gasteiger partial charge in [-0.25, -0.2) is 4.79 Å². The molecule has 0 aliphatic heterocycles. The van der Waals surface area contributed by atoms with Crippen LogP contribution < -0.4 is 4.74 Å². The number of rotatable bonds is 5. The van der Waals surface area contributed by atoms with Crippen molar-refractivity contribution in [2.75, 3.05) is 0 Å². The van der Waals surface area contributed by atoms with E-state index in [9.17, 15) is 4.79 Å². The number of carboxylic acids is 1.